The first kappa shape index (κ1) is 29.7. The molecule has 1 aliphatic carbocycles. The van der Waals surface area contributed by atoms with E-state index in [4.69, 9.17) is 4.42 Å². The molecule has 1 heterocycles. The molecule has 8 aromatic carbocycles. The molecule has 1 aromatic heterocycles. The first-order valence-electron chi connectivity index (χ1n) is 17.8. The number of allylic oxidation sites excluding steroid dienone is 3. The van der Waals surface area contributed by atoms with Crippen molar-refractivity contribution in [3.8, 4) is 33.4 Å². The Bertz CT molecular complexity index is 2910. The molecule has 0 spiro atoms. The van der Waals surface area contributed by atoms with Gasteiger partial charge in [0.2, 0.25) is 0 Å². The minimum atomic E-state index is -0.0761. The van der Waals surface area contributed by atoms with Crippen molar-refractivity contribution in [1.82, 2.24) is 0 Å². The molecular formula is C50H36O. The van der Waals surface area contributed by atoms with E-state index in [2.05, 4.69) is 173 Å². The number of fused-ring (bicyclic) bond motifs is 7. The van der Waals surface area contributed by atoms with Crippen molar-refractivity contribution in [3.05, 3.63) is 175 Å². The summed E-state index contributed by atoms with van der Waals surface area (Å²) in [6, 6.07) is 53.4. The third kappa shape index (κ3) is 4.28. The summed E-state index contributed by atoms with van der Waals surface area (Å²) in [5.41, 5.74) is 14.4. The molecule has 9 aromatic rings. The number of hydrogen-bond acceptors (Lipinski definition) is 1. The van der Waals surface area contributed by atoms with Crippen LogP contribution in [-0.2, 0) is 5.41 Å². The van der Waals surface area contributed by atoms with Crippen molar-refractivity contribution in [1.29, 1.82) is 0 Å². The molecule has 0 aliphatic heterocycles. The standard InChI is InChI=1S/C50H36O/c1-5-43-30(2)36-25-24-34(28-44(36)50(43,3)4)31-16-12-17-35(26-31)47-37-18-8-10-20-39(37)48(40-21-11-9-19-38(40)47)41-22-13-23-45-49(41)42-27-32-14-6-7-15-33(32)29-46(42)51-45/h5-29H,1H2,2-4H3. The molecule has 1 aliphatic rings. The highest BCUT2D eigenvalue weighted by molar-refractivity contribution is 6.26. The van der Waals surface area contributed by atoms with Crippen molar-refractivity contribution in [3.63, 3.8) is 0 Å². The Morgan fingerprint density at radius 1 is 0.510 bits per heavy atom. The zero-order chi connectivity index (χ0) is 34.4. The van der Waals surface area contributed by atoms with Gasteiger partial charge in [-0.3, -0.25) is 0 Å². The monoisotopic (exact) mass is 652 g/mol. The Morgan fingerprint density at radius 3 is 1.82 bits per heavy atom. The normalized spacial score (nSPS) is 13.9. The van der Waals surface area contributed by atoms with Crippen molar-refractivity contribution < 1.29 is 4.42 Å². The molecule has 0 radical (unpaired) electrons. The minimum Gasteiger partial charge on any atom is -0.456 e. The first-order chi connectivity index (χ1) is 24.9. The van der Waals surface area contributed by atoms with E-state index in [-0.39, 0.29) is 5.41 Å². The van der Waals surface area contributed by atoms with Gasteiger partial charge < -0.3 is 4.42 Å². The summed E-state index contributed by atoms with van der Waals surface area (Å²) >= 11 is 0. The third-order valence-electron chi connectivity index (χ3n) is 11.4. The Labute approximate surface area is 297 Å². The second kappa shape index (κ2) is 10.9. The summed E-state index contributed by atoms with van der Waals surface area (Å²) in [6.45, 7) is 11.0. The molecule has 51 heavy (non-hydrogen) atoms. The molecule has 0 saturated heterocycles. The van der Waals surface area contributed by atoms with Crippen LogP contribution in [0.4, 0.5) is 0 Å². The van der Waals surface area contributed by atoms with Crippen molar-refractivity contribution >= 4 is 59.8 Å². The van der Waals surface area contributed by atoms with Gasteiger partial charge in [-0.1, -0.05) is 142 Å². The van der Waals surface area contributed by atoms with E-state index >= 15 is 0 Å². The van der Waals surface area contributed by atoms with Crippen LogP contribution < -0.4 is 0 Å². The Kier molecular flexibility index (Phi) is 6.36. The van der Waals surface area contributed by atoms with E-state index in [1.165, 1.54) is 88.0 Å². The molecule has 1 heteroatoms. The van der Waals surface area contributed by atoms with Gasteiger partial charge in [0, 0.05) is 16.2 Å². The molecular weight excluding hydrogens is 617 g/mol. The molecule has 0 amide bonds. The van der Waals surface area contributed by atoms with E-state index in [1.807, 2.05) is 6.08 Å². The molecule has 0 bridgehead atoms. The third-order valence-corrected chi connectivity index (χ3v) is 11.4. The van der Waals surface area contributed by atoms with Crippen LogP contribution in [0.5, 0.6) is 0 Å². The van der Waals surface area contributed by atoms with Gasteiger partial charge in [-0.15, -0.1) is 0 Å². The second-order valence-corrected chi connectivity index (χ2v) is 14.5. The molecule has 0 atom stereocenters. The summed E-state index contributed by atoms with van der Waals surface area (Å²) in [7, 11) is 0. The summed E-state index contributed by atoms with van der Waals surface area (Å²) in [5.74, 6) is 0. The molecule has 0 N–H and O–H groups in total. The summed E-state index contributed by atoms with van der Waals surface area (Å²) in [5, 5.41) is 9.65. The quantitative estimate of drug-likeness (QED) is 0.172. The van der Waals surface area contributed by atoms with Crippen molar-refractivity contribution in [2.24, 2.45) is 0 Å². The lowest BCUT2D eigenvalue weighted by molar-refractivity contribution is 0.654. The smallest absolute Gasteiger partial charge is 0.136 e. The fraction of sp³-hybridized carbons (Fsp3) is 0.0800. The summed E-state index contributed by atoms with van der Waals surface area (Å²) in [4.78, 5) is 0. The highest BCUT2D eigenvalue weighted by atomic mass is 16.3. The average molecular weight is 653 g/mol. The predicted octanol–water partition coefficient (Wildman–Crippen LogP) is 14.3. The average Bonchev–Trinajstić information content (AvgIpc) is 3.62. The van der Waals surface area contributed by atoms with Gasteiger partial charge in [0.15, 0.2) is 0 Å². The first-order valence-corrected chi connectivity index (χ1v) is 17.8. The van der Waals surface area contributed by atoms with Gasteiger partial charge in [0.1, 0.15) is 11.2 Å². The van der Waals surface area contributed by atoms with Crippen LogP contribution in [0, 0.1) is 0 Å². The molecule has 1 nitrogen and oxygen atoms in total. The Morgan fingerprint density at radius 2 is 1.12 bits per heavy atom. The summed E-state index contributed by atoms with van der Waals surface area (Å²) < 4.78 is 6.55. The van der Waals surface area contributed by atoms with Crippen molar-refractivity contribution in [2.75, 3.05) is 0 Å². The van der Waals surface area contributed by atoms with Gasteiger partial charge >= 0.3 is 0 Å². The maximum atomic E-state index is 6.55. The van der Waals surface area contributed by atoms with Crippen LogP contribution >= 0.6 is 0 Å². The zero-order valence-electron chi connectivity index (χ0n) is 29.0. The van der Waals surface area contributed by atoms with Gasteiger partial charge in [0.25, 0.3) is 0 Å². The molecule has 0 saturated carbocycles. The molecule has 0 unspecified atom stereocenters. The van der Waals surface area contributed by atoms with Crippen LogP contribution in [0.3, 0.4) is 0 Å². The van der Waals surface area contributed by atoms with Crippen LogP contribution in [0.25, 0.3) is 93.2 Å². The fourth-order valence-electron chi connectivity index (χ4n) is 9.04. The molecule has 242 valence electrons. The number of benzene rings is 8. The van der Waals surface area contributed by atoms with E-state index in [1.54, 1.807) is 0 Å². The number of furan rings is 1. The van der Waals surface area contributed by atoms with Crippen LogP contribution in [0.15, 0.2) is 168 Å². The molecule has 0 fully saturated rings. The lowest BCUT2D eigenvalue weighted by Crippen LogP contribution is -2.16. The van der Waals surface area contributed by atoms with E-state index in [0.717, 1.165) is 21.9 Å². The van der Waals surface area contributed by atoms with E-state index in [9.17, 15) is 0 Å². The predicted molar refractivity (Wildman–Crippen MR) is 218 cm³/mol. The van der Waals surface area contributed by atoms with Gasteiger partial charge in [-0.25, -0.2) is 0 Å². The minimum absolute atomic E-state index is 0.0761. The van der Waals surface area contributed by atoms with Gasteiger partial charge in [-0.2, -0.15) is 0 Å². The Balaban J connectivity index is 1.21. The largest absolute Gasteiger partial charge is 0.456 e. The number of rotatable bonds is 4. The van der Waals surface area contributed by atoms with E-state index < -0.39 is 0 Å². The highest BCUT2D eigenvalue weighted by Crippen LogP contribution is 2.49. The highest BCUT2D eigenvalue weighted by Gasteiger charge is 2.34. The lowest BCUT2D eigenvalue weighted by atomic mass is 9.80. The van der Waals surface area contributed by atoms with Gasteiger partial charge in [0.05, 0.1) is 0 Å². The maximum absolute atomic E-state index is 6.55. The Hall–Kier alpha value is -6.18. The van der Waals surface area contributed by atoms with Crippen molar-refractivity contribution in [2.45, 2.75) is 26.2 Å². The topological polar surface area (TPSA) is 13.1 Å². The second-order valence-electron chi connectivity index (χ2n) is 14.5. The van der Waals surface area contributed by atoms with Crippen LogP contribution in [0.2, 0.25) is 0 Å². The molecule has 10 rings (SSSR count). The van der Waals surface area contributed by atoms with Crippen LogP contribution in [-0.4, -0.2) is 0 Å². The van der Waals surface area contributed by atoms with E-state index in [0.29, 0.717) is 0 Å². The fourth-order valence-corrected chi connectivity index (χ4v) is 9.04. The van der Waals surface area contributed by atoms with Crippen LogP contribution in [0.1, 0.15) is 31.9 Å². The lowest BCUT2D eigenvalue weighted by Gasteiger charge is -2.23. The SMILES string of the molecule is C=CC1=C(C)c2ccc(-c3cccc(-c4c5ccccc5c(-c5cccc6oc7cc8ccccc8cc7c56)c5ccccc45)c3)cc2C1(C)C. The zero-order valence-corrected chi connectivity index (χ0v) is 29.0. The van der Waals surface area contributed by atoms with Gasteiger partial charge in [-0.05, 0) is 125 Å². The summed E-state index contributed by atoms with van der Waals surface area (Å²) in [6.07, 6.45) is 2.03. The number of hydrogen-bond donors (Lipinski definition) is 0. The maximum Gasteiger partial charge on any atom is 0.136 e.